The third-order valence-electron chi connectivity index (χ3n) is 2.81. The highest BCUT2D eigenvalue weighted by molar-refractivity contribution is 7.13. The first-order valence-corrected chi connectivity index (χ1v) is 7.69. The molecule has 1 heterocycles. The first kappa shape index (κ1) is 16.5. The molecule has 0 aliphatic rings. The van der Waals surface area contributed by atoms with Gasteiger partial charge in [0.05, 0.1) is 16.6 Å². The average Bonchev–Trinajstić information content (AvgIpc) is 2.81. The van der Waals surface area contributed by atoms with Crippen LogP contribution in [0.1, 0.15) is 26.3 Å². The topological polar surface area (TPSA) is 60.5 Å². The van der Waals surface area contributed by atoms with Gasteiger partial charge in [-0.3, -0.25) is 0 Å². The normalized spacial score (nSPS) is 11.5. The number of carbonyl (C=O) groups excluding carboxylic acids is 1. The van der Waals surface area contributed by atoms with Gasteiger partial charge in [-0.1, -0.05) is 0 Å². The summed E-state index contributed by atoms with van der Waals surface area (Å²) in [6, 6.07) is 3.10. The maximum absolute atomic E-state index is 13.6. The number of aromatic nitrogens is 1. The summed E-state index contributed by atoms with van der Waals surface area (Å²) in [6.45, 7) is 7.58. The zero-order chi connectivity index (χ0) is 16.3. The average molecular weight is 326 g/mol. The fourth-order valence-electron chi connectivity index (χ4n) is 1.85. The van der Waals surface area contributed by atoms with Crippen molar-refractivity contribution in [3.8, 4) is 5.88 Å². The lowest BCUT2D eigenvalue weighted by Gasteiger charge is -2.19. The summed E-state index contributed by atoms with van der Waals surface area (Å²) >= 11 is 1.26. The second kappa shape index (κ2) is 6.48. The molecule has 120 valence electrons. The van der Waals surface area contributed by atoms with Crippen molar-refractivity contribution in [1.82, 2.24) is 9.69 Å². The van der Waals surface area contributed by atoms with Crippen LogP contribution in [0.3, 0.4) is 0 Å². The van der Waals surface area contributed by atoms with Gasteiger partial charge in [0.1, 0.15) is 18.0 Å². The van der Waals surface area contributed by atoms with Crippen LogP contribution in [0.5, 0.6) is 5.88 Å². The van der Waals surface area contributed by atoms with Gasteiger partial charge in [-0.25, -0.2) is 9.18 Å². The van der Waals surface area contributed by atoms with Crippen LogP contribution in [0.4, 0.5) is 9.18 Å². The van der Waals surface area contributed by atoms with E-state index in [1.165, 1.54) is 17.6 Å². The summed E-state index contributed by atoms with van der Waals surface area (Å²) in [5, 5.41) is 3.27. The molecule has 2 aromatic rings. The van der Waals surface area contributed by atoms with Gasteiger partial charge in [0.2, 0.25) is 5.88 Å². The maximum Gasteiger partial charge on any atom is 0.407 e. The van der Waals surface area contributed by atoms with Crippen molar-refractivity contribution in [1.29, 1.82) is 0 Å². The summed E-state index contributed by atoms with van der Waals surface area (Å²) in [7, 11) is 0. The van der Waals surface area contributed by atoms with Crippen LogP contribution in [-0.2, 0) is 4.74 Å². The first-order chi connectivity index (χ1) is 10.3. The number of hydrogen-bond acceptors (Lipinski definition) is 5. The Bertz CT molecular complexity index is 679. The second-order valence-corrected chi connectivity index (χ2v) is 6.62. The van der Waals surface area contributed by atoms with Gasteiger partial charge in [-0.05, 0) is 56.9 Å². The third-order valence-corrected chi connectivity index (χ3v) is 3.60. The molecule has 0 atom stereocenters. The van der Waals surface area contributed by atoms with Crippen molar-refractivity contribution in [2.75, 3.05) is 13.2 Å². The second-order valence-electron chi connectivity index (χ2n) is 5.81. The number of hydrogen-bond donors (Lipinski definition) is 1. The Balaban J connectivity index is 1.91. The van der Waals surface area contributed by atoms with Crippen LogP contribution < -0.4 is 10.1 Å². The molecule has 0 fully saturated rings. The van der Waals surface area contributed by atoms with Crippen LogP contribution in [0.25, 0.3) is 10.1 Å². The Hall–Kier alpha value is -1.89. The Labute approximate surface area is 132 Å². The van der Waals surface area contributed by atoms with Crippen LogP contribution in [0, 0.1) is 12.7 Å². The number of rotatable bonds is 4. The quantitative estimate of drug-likeness (QED) is 0.871. The van der Waals surface area contributed by atoms with Crippen LogP contribution in [0.2, 0.25) is 0 Å². The van der Waals surface area contributed by atoms with E-state index in [1.807, 2.05) is 0 Å². The van der Waals surface area contributed by atoms with Crippen molar-refractivity contribution in [2.24, 2.45) is 0 Å². The molecule has 0 saturated heterocycles. The summed E-state index contributed by atoms with van der Waals surface area (Å²) in [4.78, 5) is 11.5. The maximum atomic E-state index is 13.6. The standard InChI is InChI=1S/C15H19FN2O3S/c1-9-10(16)5-6-11-12(9)13(18-22-11)20-8-7-17-14(19)21-15(2,3)4/h5-6H,7-8H2,1-4H3,(H,17,19). The van der Waals surface area contributed by atoms with E-state index in [0.29, 0.717) is 16.8 Å². The van der Waals surface area contributed by atoms with E-state index in [0.717, 1.165) is 4.70 Å². The molecule has 0 aliphatic heterocycles. The summed E-state index contributed by atoms with van der Waals surface area (Å²) in [6.07, 6.45) is -0.499. The Morgan fingerprint density at radius 3 is 2.82 bits per heavy atom. The highest BCUT2D eigenvalue weighted by Gasteiger charge is 2.16. The molecule has 0 radical (unpaired) electrons. The van der Waals surface area contributed by atoms with Gasteiger partial charge in [0.25, 0.3) is 0 Å². The van der Waals surface area contributed by atoms with Crippen molar-refractivity contribution in [3.63, 3.8) is 0 Å². The van der Waals surface area contributed by atoms with Crippen LogP contribution >= 0.6 is 11.5 Å². The molecule has 0 unspecified atom stereocenters. The van der Waals surface area contributed by atoms with Gasteiger partial charge in [-0.2, -0.15) is 4.37 Å². The SMILES string of the molecule is Cc1c(F)ccc2snc(OCCNC(=O)OC(C)(C)C)c12. The fraction of sp³-hybridized carbons (Fsp3) is 0.467. The molecule has 2 rings (SSSR count). The smallest absolute Gasteiger partial charge is 0.407 e. The molecule has 22 heavy (non-hydrogen) atoms. The highest BCUT2D eigenvalue weighted by atomic mass is 32.1. The summed E-state index contributed by atoms with van der Waals surface area (Å²) < 4.78 is 29.3. The molecule has 1 aromatic heterocycles. The third kappa shape index (κ3) is 4.07. The molecule has 0 spiro atoms. The fourth-order valence-corrected chi connectivity index (χ4v) is 2.64. The van der Waals surface area contributed by atoms with Crippen molar-refractivity contribution in [2.45, 2.75) is 33.3 Å². The lowest BCUT2D eigenvalue weighted by molar-refractivity contribution is 0.0520. The summed E-state index contributed by atoms with van der Waals surface area (Å²) in [5.41, 5.74) is -0.0219. The Morgan fingerprint density at radius 1 is 1.41 bits per heavy atom. The number of fused-ring (bicyclic) bond motifs is 1. The molecule has 1 aromatic carbocycles. The number of amides is 1. The first-order valence-electron chi connectivity index (χ1n) is 6.92. The molecule has 0 bridgehead atoms. The number of benzene rings is 1. The zero-order valence-electron chi connectivity index (χ0n) is 13.0. The van der Waals surface area contributed by atoms with E-state index in [-0.39, 0.29) is 19.0 Å². The molecule has 1 amide bonds. The highest BCUT2D eigenvalue weighted by Crippen LogP contribution is 2.32. The van der Waals surface area contributed by atoms with Crippen LogP contribution in [0.15, 0.2) is 12.1 Å². The molecular weight excluding hydrogens is 307 g/mol. The minimum absolute atomic E-state index is 0.230. The van der Waals surface area contributed by atoms with Gasteiger partial charge in [0.15, 0.2) is 0 Å². The van der Waals surface area contributed by atoms with Crippen LogP contribution in [-0.4, -0.2) is 29.2 Å². The largest absolute Gasteiger partial charge is 0.475 e. The summed E-state index contributed by atoms with van der Waals surface area (Å²) in [5.74, 6) is 0.104. The van der Waals surface area contributed by atoms with Gasteiger partial charge >= 0.3 is 6.09 Å². The number of aryl methyl sites for hydroxylation is 1. The Kier molecular flexibility index (Phi) is 4.85. The lowest BCUT2D eigenvalue weighted by atomic mass is 10.1. The van der Waals surface area contributed by atoms with Crippen molar-refractivity contribution >= 4 is 27.7 Å². The van der Waals surface area contributed by atoms with Crippen molar-refractivity contribution < 1.29 is 18.7 Å². The number of nitrogens with zero attached hydrogens (tertiary/aromatic N) is 1. The van der Waals surface area contributed by atoms with Gasteiger partial charge in [-0.15, -0.1) is 0 Å². The van der Waals surface area contributed by atoms with E-state index in [1.54, 1.807) is 33.8 Å². The van der Waals surface area contributed by atoms with E-state index in [2.05, 4.69) is 9.69 Å². The number of carbonyl (C=O) groups is 1. The molecule has 5 nitrogen and oxygen atoms in total. The van der Waals surface area contributed by atoms with E-state index < -0.39 is 11.7 Å². The number of nitrogens with one attached hydrogen (secondary N) is 1. The predicted octanol–water partition coefficient (Wildman–Crippen LogP) is 3.65. The molecule has 7 heteroatoms. The van der Waals surface area contributed by atoms with Gasteiger partial charge < -0.3 is 14.8 Å². The molecule has 0 aliphatic carbocycles. The van der Waals surface area contributed by atoms with E-state index in [9.17, 15) is 9.18 Å². The number of ether oxygens (including phenoxy) is 2. The predicted molar refractivity (Wildman–Crippen MR) is 84.0 cm³/mol. The van der Waals surface area contributed by atoms with E-state index >= 15 is 0 Å². The number of halogens is 1. The monoisotopic (exact) mass is 326 g/mol. The number of alkyl carbamates (subject to hydrolysis) is 1. The lowest BCUT2D eigenvalue weighted by Crippen LogP contribution is -2.34. The molecular formula is C15H19FN2O3S. The minimum atomic E-state index is -0.537. The zero-order valence-corrected chi connectivity index (χ0v) is 13.8. The molecule has 1 N–H and O–H groups in total. The van der Waals surface area contributed by atoms with Gasteiger partial charge in [0, 0.05) is 0 Å². The Morgan fingerprint density at radius 2 is 2.14 bits per heavy atom. The van der Waals surface area contributed by atoms with E-state index in [4.69, 9.17) is 9.47 Å². The molecule has 0 saturated carbocycles. The van der Waals surface area contributed by atoms with Crippen molar-refractivity contribution in [3.05, 3.63) is 23.5 Å². The minimum Gasteiger partial charge on any atom is -0.475 e.